The van der Waals surface area contributed by atoms with Crippen LogP contribution in [-0.4, -0.2) is 49.0 Å². The van der Waals surface area contributed by atoms with Crippen LogP contribution in [0.15, 0.2) is 18.3 Å². The molecule has 0 saturated carbocycles. The van der Waals surface area contributed by atoms with Crippen LogP contribution in [0.3, 0.4) is 0 Å². The number of carbonyl (C=O) groups excluding carboxylic acids is 1. The Morgan fingerprint density at radius 3 is 2.59 bits per heavy atom. The summed E-state index contributed by atoms with van der Waals surface area (Å²) >= 11 is 0. The van der Waals surface area contributed by atoms with Crippen LogP contribution in [0.1, 0.15) is 32.3 Å². The Morgan fingerprint density at radius 2 is 2.00 bits per heavy atom. The second-order valence-corrected chi connectivity index (χ2v) is 6.52. The van der Waals surface area contributed by atoms with Gasteiger partial charge in [-0.05, 0) is 31.0 Å². The summed E-state index contributed by atoms with van der Waals surface area (Å²) in [6.45, 7) is 9.03. The lowest BCUT2D eigenvalue weighted by Crippen LogP contribution is -2.44. The Kier molecular flexibility index (Phi) is 6.19. The fourth-order valence-corrected chi connectivity index (χ4v) is 2.45. The molecule has 2 rings (SSSR count). The van der Waals surface area contributed by atoms with Crippen molar-refractivity contribution in [2.24, 2.45) is 5.92 Å². The van der Waals surface area contributed by atoms with Gasteiger partial charge in [-0.25, -0.2) is 4.98 Å². The van der Waals surface area contributed by atoms with Crippen LogP contribution in [0, 0.1) is 5.92 Å². The van der Waals surface area contributed by atoms with Crippen LogP contribution in [0.4, 0.5) is 5.82 Å². The topological polar surface area (TPSA) is 48.5 Å². The monoisotopic (exact) mass is 304 g/mol. The van der Waals surface area contributed by atoms with E-state index in [0.717, 1.165) is 44.0 Å². The maximum atomic E-state index is 11.7. The van der Waals surface area contributed by atoms with E-state index in [4.69, 9.17) is 0 Å². The van der Waals surface area contributed by atoms with Gasteiger partial charge in [-0.1, -0.05) is 19.9 Å². The largest absolute Gasteiger partial charge is 0.354 e. The van der Waals surface area contributed by atoms with E-state index >= 15 is 0 Å². The molecule has 1 fully saturated rings. The summed E-state index contributed by atoms with van der Waals surface area (Å²) in [6, 6.07) is 4.12. The SMILES string of the molecule is CC(C)CCC(=O)NCc1ccc(N2CCN(C)CC2)nc1. The number of likely N-dealkylation sites (N-methyl/N-ethyl adjacent to an activating group) is 1. The molecule has 1 aliphatic heterocycles. The van der Waals surface area contributed by atoms with Crippen molar-refractivity contribution in [3.05, 3.63) is 23.9 Å². The van der Waals surface area contributed by atoms with Crippen molar-refractivity contribution in [3.63, 3.8) is 0 Å². The summed E-state index contributed by atoms with van der Waals surface area (Å²) < 4.78 is 0. The van der Waals surface area contributed by atoms with Crippen LogP contribution >= 0.6 is 0 Å². The minimum absolute atomic E-state index is 0.122. The van der Waals surface area contributed by atoms with Crippen molar-refractivity contribution in [3.8, 4) is 0 Å². The fourth-order valence-electron chi connectivity index (χ4n) is 2.45. The fraction of sp³-hybridized carbons (Fsp3) is 0.647. The summed E-state index contributed by atoms with van der Waals surface area (Å²) in [6.07, 6.45) is 3.41. The highest BCUT2D eigenvalue weighted by atomic mass is 16.1. The summed E-state index contributed by atoms with van der Waals surface area (Å²) in [5, 5.41) is 2.96. The van der Waals surface area contributed by atoms with Gasteiger partial charge in [-0.15, -0.1) is 0 Å². The first-order valence-electron chi connectivity index (χ1n) is 8.19. The first kappa shape index (κ1) is 16.7. The predicted molar refractivity (Wildman–Crippen MR) is 89.9 cm³/mol. The molecule has 122 valence electrons. The zero-order valence-electron chi connectivity index (χ0n) is 14.0. The zero-order chi connectivity index (χ0) is 15.9. The summed E-state index contributed by atoms with van der Waals surface area (Å²) in [4.78, 5) is 20.9. The molecule has 5 nitrogen and oxygen atoms in total. The van der Waals surface area contributed by atoms with E-state index in [2.05, 4.69) is 53.1 Å². The molecular formula is C17H28N4O. The van der Waals surface area contributed by atoms with Gasteiger partial charge in [0.25, 0.3) is 0 Å². The molecule has 22 heavy (non-hydrogen) atoms. The summed E-state index contributed by atoms with van der Waals surface area (Å²) in [5.41, 5.74) is 1.05. The Labute approximate surface area is 133 Å². The van der Waals surface area contributed by atoms with Gasteiger partial charge >= 0.3 is 0 Å². The van der Waals surface area contributed by atoms with Crippen LogP contribution < -0.4 is 10.2 Å². The third-order valence-electron chi connectivity index (χ3n) is 4.07. The van der Waals surface area contributed by atoms with Crippen LogP contribution in [0.25, 0.3) is 0 Å². The second kappa shape index (κ2) is 8.13. The standard InChI is InChI=1S/C17H28N4O/c1-14(2)4-7-17(22)19-13-15-5-6-16(18-12-15)21-10-8-20(3)9-11-21/h5-6,12,14H,4,7-11,13H2,1-3H3,(H,19,22). The van der Waals surface area contributed by atoms with Crippen LogP contribution in [-0.2, 0) is 11.3 Å². The molecule has 0 spiro atoms. The van der Waals surface area contributed by atoms with Crippen molar-refractivity contribution in [1.82, 2.24) is 15.2 Å². The number of anilines is 1. The lowest BCUT2D eigenvalue weighted by atomic mass is 10.1. The third-order valence-corrected chi connectivity index (χ3v) is 4.07. The van der Waals surface area contributed by atoms with E-state index in [1.54, 1.807) is 0 Å². The van der Waals surface area contributed by atoms with Crippen LogP contribution in [0.2, 0.25) is 0 Å². The Morgan fingerprint density at radius 1 is 1.27 bits per heavy atom. The number of nitrogens with one attached hydrogen (secondary N) is 1. The lowest BCUT2D eigenvalue weighted by Gasteiger charge is -2.33. The van der Waals surface area contributed by atoms with Gasteiger partial charge < -0.3 is 15.1 Å². The molecule has 1 aliphatic rings. The van der Waals surface area contributed by atoms with Gasteiger partial charge in [0.1, 0.15) is 5.82 Å². The van der Waals surface area contributed by atoms with E-state index in [1.807, 2.05) is 6.20 Å². The number of nitrogens with zero attached hydrogens (tertiary/aromatic N) is 3. The number of amides is 1. The molecule has 0 radical (unpaired) electrons. The van der Waals surface area contributed by atoms with Gasteiger partial charge in [0.15, 0.2) is 0 Å². The average molecular weight is 304 g/mol. The zero-order valence-corrected chi connectivity index (χ0v) is 14.0. The summed E-state index contributed by atoms with van der Waals surface area (Å²) in [7, 11) is 2.15. The highest BCUT2D eigenvalue weighted by Crippen LogP contribution is 2.13. The number of hydrogen-bond donors (Lipinski definition) is 1. The normalized spacial score (nSPS) is 16.1. The number of pyridine rings is 1. The first-order valence-corrected chi connectivity index (χ1v) is 8.19. The molecule has 0 bridgehead atoms. The first-order chi connectivity index (χ1) is 10.5. The number of rotatable bonds is 6. The Bertz CT molecular complexity index is 464. The second-order valence-electron chi connectivity index (χ2n) is 6.52. The van der Waals surface area contributed by atoms with E-state index in [9.17, 15) is 4.79 Å². The minimum Gasteiger partial charge on any atom is -0.354 e. The molecule has 1 amide bonds. The molecule has 2 heterocycles. The van der Waals surface area contributed by atoms with Crippen molar-refractivity contribution < 1.29 is 4.79 Å². The van der Waals surface area contributed by atoms with Crippen molar-refractivity contribution in [2.45, 2.75) is 33.2 Å². The minimum atomic E-state index is 0.122. The number of piperazine rings is 1. The van der Waals surface area contributed by atoms with Gasteiger partial charge in [0.2, 0.25) is 5.91 Å². The molecule has 0 atom stereocenters. The summed E-state index contributed by atoms with van der Waals surface area (Å²) in [5.74, 6) is 1.72. The lowest BCUT2D eigenvalue weighted by molar-refractivity contribution is -0.121. The van der Waals surface area contributed by atoms with Gasteiger partial charge in [-0.3, -0.25) is 4.79 Å². The molecule has 0 unspecified atom stereocenters. The van der Waals surface area contributed by atoms with Crippen molar-refractivity contribution >= 4 is 11.7 Å². The maximum Gasteiger partial charge on any atom is 0.220 e. The maximum absolute atomic E-state index is 11.7. The Hall–Kier alpha value is -1.62. The van der Waals surface area contributed by atoms with Crippen molar-refractivity contribution in [2.75, 3.05) is 38.1 Å². The number of hydrogen-bond acceptors (Lipinski definition) is 4. The smallest absolute Gasteiger partial charge is 0.220 e. The number of carbonyl (C=O) groups is 1. The molecule has 5 heteroatoms. The van der Waals surface area contributed by atoms with E-state index in [0.29, 0.717) is 18.9 Å². The molecule has 1 saturated heterocycles. The average Bonchev–Trinajstić information content (AvgIpc) is 2.52. The molecular weight excluding hydrogens is 276 g/mol. The highest BCUT2D eigenvalue weighted by molar-refractivity contribution is 5.75. The van der Waals surface area contributed by atoms with E-state index < -0.39 is 0 Å². The van der Waals surface area contributed by atoms with E-state index in [-0.39, 0.29) is 5.91 Å². The molecule has 0 aliphatic carbocycles. The predicted octanol–water partition coefficient (Wildman–Crippen LogP) is 1.89. The van der Waals surface area contributed by atoms with E-state index in [1.165, 1.54) is 0 Å². The number of aromatic nitrogens is 1. The molecule has 0 aromatic carbocycles. The Balaban J connectivity index is 1.78. The van der Waals surface area contributed by atoms with Gasteiger partial charge in [-0.2, -0.15) is 0 Å². The van der Waals surface area contributed by atoms with Gasteiger partial charge in [0.05, 0.1) is 0 Å². The van der Waals surface area contributed by atoms with Gasteiger partial charge in [0, 0.05) is 45.3 Å². The van der Waals surface area contributed by atoms with Crippen LogP contribution in [0.5, 0.6) is 0 Å². The molecule has 1 N–H and O–H groups in total. The molecule has 1 aromatic heterocycles. The highest BCUT2D eigenvalue weighted by Gasteiger charge is 2.14. The van der Waals surface area contributed by atoms with Crippen molar-refractivity contribution in [1.29, 1.82) is 0 Å². The third kappa shape index (κ3) is 5.30. The quantitative estimate of drug-likeness (QED) is 0.872. The molecule has 1 aromatic rings.